The topological polar surface area (TPSA) is 71.3 Å². The fourth-order valence-electron chi connectivity index (χ4n) is 3.51. The van der Waals surface area contributed by atoms with Crippen LogP contribution in [0.25, 0.3) is 0 Å². The van der Waals surface area contributed by atoms with Gasteiger partial charge in [-0.05, 0) is 69.5 Å². The van der Waals surface area contributed by atoms with Crippen molar-refractivity contribution in [2.75, 3.05) is 11.9 Å². The maximum absolute atomic E-state index is 13.5. The number of nitrogens with one attached hydrogen (secondary N) is 2. The van der Waals surface area contributed by atoms with Gasteiger partial charge in [0.25, 0.3) is 5.91 Å². The quantitative estimate of drug-likeness (QED) is 0.403. The highest BCUT2D eigenvalue weighted by Gasteiger charge is 2.13. The molecule has 8 heteroatoms. The number of anilines is 1. The van der Waals surface area contributed by atoms with Gasteiger partial charge in [0.2, 0.25) is 5.96 Å². The van der Waals surface area contributed by atoms with Crippen molar-refractivity contribution in [1.82, 2.24) is 15.1 Å². The first-order valence-corrected chi connectivity index (χ1v) is 10.8. The number of nitrogens with zero attached hydrogens (tertiary/aromatic N) is 3. The Kier molecular flexibility index (Phi) is 7.64. The summed E-state index contributed by atoms with van der Waals surface area (Å²) in [5.74, 6) is -0.536. The molecule has 0 unspecified atom stereocenters. The molecule has 0 atom stereocenters. The van der Waals surface area contributed by atoms with E-state index in [-0.39, 0.29) is 16.9 Å². The Morgan fingerprint density at radius 3 is 2.59 bits per heavy atom. The van der Waals surface area contributed by atoms with Crippen LogP contribution in [0, 0.1) is 26.6 Å². The summed E-state index contributed by atoms with van der Waals surface area (Å²) < 4.78 is 15.5. The summed E-state index contributed by atoms with van der Waals surface area (Å²) in [6.45, 7) is 9.19. The Morgan fingerprint density at radius 2 is 1.94 bits per heavy atom. The summed E-state index contributed by atoms with van der Waals surface area (Å²) in [5, 5.41) is 10.4. The van der Waals surface area contributed by atoms with Crippen LogP contribution in [0.15, 0.2) is 47.5 Å². The van der Waals surface area contributed by atoms with E-state index >= 15 is 0 Å². The van der Waals surface area contributed by atoms with Gasteiger partial charge in [0.15, 0.2) is 0 Å². The molecule has 168 valence electrons. The van der Waals surface area contributed by atoms with Gasteiger partial charge < -0.3 is 5.32 Å². The predicted molar refractivity (Wildman–Crippen MR) is 127 cm³/mol. The van der Waals surface area contributed by atoms with Gasteiger partial charge in [0, 0.05) is 30.0 Å². The monoisotopic (exact) mass is 455 g/mol. The van der Waals surface area contributed by atoms with Crippen LogP contribution in [0.1, 0.15) is 39.8 Å². The number of halogens is 2. The number of aryl methyl sites for hydroxylation is 3. The zero-order valence-corrected chi connectivity index (χ0v) is 19.4. The van der Waals surface area contributed by atoms with Crippen molar-refractivity contribution in [3.8, 4) is 0 Å². The van der Waals surface area contributed by atoms with Gasteiger partial charge in [-0.2, -0.15) is 5.10 Å². The lowest BCUT2D eigenvalue weighted by Gasteiger charge is -2.13. The van der Waals surface area contributed by atoms with Gasteiger partial charge in [-0.15, -0.1) is 0 Å². The number of carbonyl (C=O) groups is 1. The van der Waals surface area contributed by atoms with E-state index in [1.54, 1.807) is 6.07 Å². The van der Waals surface area contributed by atoms with Crippen LogP contribution in [0.3, 0.4) is 0 Å². The normalized spacial score (nSPS) is 11.5. The van der Waals surface area contributed by atoms with Crippen LogP contribution in [0.4, 0.5) is 10.1 Å². The van der Waals surface area contributed by atoms with E-state index in [4.69, 9.17) is 11.6 Å². The highest BCUT2D eigenvalue weighted by Crippen LogP contribution is 2.19. The Labute approximate surface area is 192 Å². The number of hydrogen-bond donors (Lipinski definition) is 2. The molecule has 0 fully saturated rings. The van der Waals surface area contributed by atoms with E-state index in [9.17, 15) is 9.18 Å². The molecule has 0 saturated carbocycles. The summed E-state index contributed by atoms with van der Waals surface area (Å²) in [6, 6.07) is 11.6. The minimum Gasteiger partial charge on any atom is -0.326 e. The fourth-order valence-corrected chi connectivity index (χ4v) is 3.69. The number of carbonyl (C=O) groups excluding carboxylic acids is 1. The lowest BCUT2D eigenvalue weighted by molar-refractivity contribution is 0.0976. The second kappa shape index (κ2) is 10.4. The number of amides is 1. The third-order valence-corrected chi connectivity index (χ3v) is 5.56. The van der Waals surface area contributed by atoms with Gasteiger partial charge in [0.05, 0.1) is 10.7 Å². The van der Waals surface area contributed by atoms with Crippen LogP contribution < -0.4 is 10.6 Å². The predicted octanol–water partition coefficient (Wildman–Crippen LogP) is 5.06. The molecule has 1 aromatic heterocycles. The highest BCUT2D eigenvalue weighted by atomic mass is 35.5. The van der Waals surface area contributed by atoms with Gasteiger partial charge in [0.1, 0.15) is 5.82 Å². The molecule has 0 aliphatic carbocycles. The molecule has 1 heterocycles. The largest absolute Gasteiger partial charge is 0.326 e. The number of rotatable bonds is 6. The minimum absolute atomic E-state index is 0.0159. The zero-order chi connectivity index (χ0) is 23.3. The van der Waals surface area contributed by atoms with Crippen molar-refractivity contribution < 1.29 is 9.18 Å². The molecule has 3 rings (SSSR count). The fraction of sp³-hybridized carbons (Fsp3) is 0.292. The van der Waals surface area contributed by atoms with E-state index in [1.807, 2.05) is 43.7 Å². The molecule has 0 aliphatic rings. The molecule has 0 radical (unpaired) electrons. The van der Waals surface area contributed by atoms with Crippen LogP contribution in [-0.2, 0) is 13.0 Å². The van der Waals surface area contributed by atoms with E-state index in [0.717, 1.165) is 29.1 Å². The Bertz CT molecular complexity index is 1160. The maximum atomic E-state index is 13.5. The lowest BCUT2D eigenvalue weighted by Crippen LogP contribution is -2.36. The first kappa shape index (κ1) is 23.5. The minimum atomic E-state index is -0.515. The van der Waals surface area contributed by atoms with Crippen molar-refractivity contribution in [3.63, 3.8) is 0 Å². The molecular weight excluding hydrogens is 429 g/mol. The average Bonchev–Trinajstić information content (AvgIpc) is 3.04. The molecule has 1 amide bonds. The van der Waals surface area contributed by atoms with Gasteiger partial charge in [-0.25, -0.2) is 4.39 Å². The summed E-state index contributed by atoms with van der Waals surface area (Å²) in [5.41, 5.74) is 5.16. The van der Waals surface area contributed by atoms with Crippen LogP contribution >= 0.6 is 11.6 Å². The second-order valence-electron chi connectivity index (χ2n) is 7.47. The Hall–Kier alpha value is -3.19. The van der Waals surface area contributed by atoms with Crippen molar-refractivity contribution in [2.24, 2.45) is 4.99 Å². The van der Waals surface area contributed by atoms with Gasteiger partial charge in [-0.1, -0.05) is 29.8 Å². The van der Waals surface area contributed by atoms with Crippen LogP contribution in [0.5, 0.6) is 0 Å². The molecular formula is C24H27ClFN5O. The Balaban J connectivity index is 1.82. The van der Waals surface area contributed by atoms with Crippen molar-refractivity contribution >= 4 is 29.2 Å². The molecule has 2 aromatic carbocycles. The van der Waals surface area contributed by atoms with E-state index in [1.165, 1.54) is 18.2 Å². The summed E-state index contributed by atoms with van der Waals surface area (Å²) in [7, 11) is 0. The lowest BCUT2D eigenvalue weighted by atomic mass is 10.1. The van der Waals surface area contributed by atoms with Crippen molar-refractivity contribution in [2.45, 2.75) is 40.7 Å². The molecule has 32 heavy (non-hydrogen) atoms. The number of benzene rings is 2. The second-order valence-corrected chi connectivity index (χ2v) is 7.88. The van der Waals surface area contributed by atoms with E-state index in [2.05, 4.69) is 27.6 Å². The summed E-state index contributed by atoms with van der Waals surface area (Å²) >= 11 is 5.90. The average molecular weight is 456 g/mol. The third kappa shape index (κ3) is 5.53. The van der Waals surface area contributed by atoms with Gasteiger partial charge >= 0.3 is 0 Å². The molecule has 2 N–H and O–H groups in total. The number of hydrogen-bond acceptors (Lipinski definition) is 3. The number of aromatic nitrogens is 2. The smallest absolute Gasteiger partial charge is 0.258 e. The molecule has 0 bridgehead atoms. The summed E-state index contributed by atoms with van der Waals surface area (Å²) in [6.07, 6.45) is 0.674. The molecule has 0 aliphatic heterocycles. The highest BCUT2D eigenvalue weighted by molar-refractivity contribution is 6.31. The van der Waals surface area contributed by atoms with Crippen LogP contribution in [-0.4, -0.2) is 28.2 Å². The van der Waals surface area contributed by atoms with Crippen molar-refractivity contribution in [3.05, 3.63) is 81.4 Å². The van der Waals surface area contributed by atoms with E-state index < -0.39 is 5.82 Å². The SMILES string of the molecule is CCn1nc(C)c(CCN=C(NC(=O)c2ccccc2C)Nc2ccc(F)c(Cl)c2)c1C. The first-order valence-electron chi connectivity index (χ1n) is 10.5. The van der Waals surface area contributed by atoms with Crippen LogP contribution in [0.2, 0.25) is 5.02 Å². The number of guanidine groups is 1. The maximum Gasteiger partial charge on any atom is 0.258 e. The zero-order valence-electron chi connectivity index (χ0n) is 18.7. The van der Waals surface area contributed by atoms with E-state index in [0.29, 0.717) is 24.2 Å². The summed E-state index contributed by atoms with van der Waals surface area (Å²) in [4.78, 5) is 17.4. The molecule has 0 saturated heterocycles. The third-order valence-electron chi connectivity index (χ3n) is 5.27. The van der Waals surface area contributed by atoms with Gasteiger partial charge in [-0.3, -0.25) is 19.8 Å². The number of aliphatic imine (C=N–C) groups is 1. The molecule has 3 aromatic rings. The standard InChI is InChI=1S/C24H27ClFN5O/c1-5-31-17(4)20(16(3)30-31)12-13-27-24(28-18-10-11-22(26)21(25)14-18)29-23(32)19-9-7-6-8-15(19)2/h6-11,14H,5,12-13H2,1-4H3,(H2,27,28,29,32). The first-order chi connectivity index (χ1) is 15.3. The molecule has 0 spiro atoms. The molecule has 6 nitrogen and oxygen atoms in total. The Morgan fingerprint density at radius 1 is 1.19 bits per heavy atom. The van der Waals surface area contributed by atoms with Crippen molar-refractivity contribution in [1.29, 1.82) is 0 Å².